The molecule has 3 N–H and O–H groups in total. The summed E-state index contributed by atoms with van der Waals surface area (Å²) in [6, 6.07) is 5.53. The minimum absolute atomic E-state index is 0.0800. The molecule has 0 radical (unpaired) electrons. The molecule has 7 nitrogen and oxygen atoms in total. The Morgan fingerprint density at radius 3 is 2.66 bits per heavy atom. The predicted octanol–water partition coefficient (Wildman–Crippen LogP) is 1.67. The molecule has 1 saturated heterocycles. The Kier molecular flexibility index (Phi) is 5.33. The second kappa shape index (κ2) is 7.92. The Balaban J connectivity index is 1.36. The van der Waals surface area contributed by atoms with Gasteiger partial charge in [-0.25, -0.2) is 14.2 Å². The van der Waals surface area contributed by atoms with E-state index in [9.17, 15) is 14.0 Å². The molecule has 2 aromatic heterocycles. The van der Waals surface area contributed by atoms with Gasteiger partial charge in [0.25, 0.3) is 5.56 Å². The second-order valence-corrected chi connectivity index (χ2v) is 8.53. The summed E-state index contributed by atoms with van der Waals surface area (Å²) in [4.78, 5) is 37.3. The van der Waals surface area contributed by atoms with E-state index in [1.54, 1.807) is 28.4 Å². The molecule has 0 spiro atoms. The van der Waals surface area contributed by atoms with Crippen molar-refractivity contribution >= 4 is 33.3 Å². The van der Waals surface area contributed by atoms with Gasteiger partial charge in [0.1, 0.15) is 17.2 Å². The smallest absolute Gasteiger partial charge is 0.322 e. The molecule has 152 valence electrons. The van der Waals surface area contributed by atoms with Gasteiger partial charge in [-0.15, -0.1) is 11.3 Å². The number of amides is 2. The van der Waals surface area contributed by atoms with Crippen molar-refractivity contribution in [3.05, 3.63) is 56.7 Å². The number of aryl methyl sites for hydroxylation is 2. The fourth-order valence-electron chi connectivity index (χ4n) is 3.56. The van der Waals surface area contributed by atoms with Gasteiger partial charge in [-0.05, 0) is 43.7 Å². The van der Waals surface area contributed by atoms with Crippen molar-refractivity contribution in [3.8, 4) is 0 Å². The Hall–Kier alpha value is -2.78. The van der Waals surface area contributed by atoms with Gasteiger partial charge >= 0.3 is 6.03 Å². The molecular formula is C20H23FN5O2S+. The molecule has 0 saturated carbocycles. The first-order valence-electron chi connectivity index (χ1n) is 9.54. The van der Waals surface area contributed by atoms with Gasteiger partial charge in [-0.1, -0.05) is 0 Å². The van der Waals surface area contributed by atoms with Crippen molar-refractivity contribution < 1.29 is 14.1 Å². The van der Waals surface area contributed by atoms with E-state index in [1.165, 1.54) is 17.0 Å². The molecular weight excluding hydrogens is 393 g/mol. The molecule has 0 unspecified atom stereocenters. The Morgan fingerprint density at radius 2 is 1.97 bits per heavy atom. The van der Waals surface area contributed by atoms with Crippen LogP contribution in [0.4, 0.5) is 14.9 Å². The first-order chi connectivity index (χ1) is 13.9. The fraction of sp³-hybridized carbons (Fsp3) is 0.350. The maximum Gasteiger partial charge on any atom is 0.322 e. The maximum atomic E-state index is 13.0. The van der Waals surface area contributed by atoms with Crippen LogP contribution in [0.5, 0.6) is 0 Å². The number of carbonyl (C=O) groups is 1. The van der Waals surface area contributed by atoms with E-state index in [0.29, 0.717) is 36.5 Å². The third-order valence-electron chi connectivity index (χ3n) is 5.36. The standard InChI is InChI=1S/C20H22FN5O2S/c1-12-13(2)29-19-17(12)18(27)23-16(24-19)11-25-7-9-26(10-8-25)20(28)22-15-5-3-14(21)4-6-15/h3-6H,7-11H2,1-2H3,(H,22,28)(H,23,24,27)/p+1. The van der Waals surface area contributed by atoms with E-state index in [2.05, 4.69) is 15.3 Å². The number of piperazine rings is 1. The summed E-state index contributed by atoms with van der Waals surface area (Å²) in [6.07, 6.45) is 0. The molecule has 4 rings (SSSR count). The van der Waals surface area contributed by atoms with Crippen LogP contribution in [0.15, 0.2) is 29.1 Å². The largest absolute Gasteiger partial charge is 0.326 e. The molecule has 3 aromatic rings. The molecule has 0 aliphatic carbocycles. The molecule has 2 amide bonds. The number of urea groups is 1. The van der Waals surface area contributed by atoms with E-state index in [1.807, 2.05) is 13.8 Å². The Bertz CT molecular complexity index is 1100. The van der Waals surface area contributed by atoms with Crippen LogP contribution in [0.1, 0.15) is 16.3 Å². The van der Waals surface area contributed by atoms with Gasteiger partial charge in [0, 0.05) is 10.6 Å². The zero-order chi connectivity index (χ0) is 20.5. The van der Waals surface area contributed by atoms with Crippen LogP contribution in [0.3, 0.4) is 0 Å². The maximum absolute atomic E-state index is 13.0. The summed E-state index contributed by atoms with van der Waals surface area (Å²) >= 11 is 1.55. The van der Waals surface area contributed by atoms with Gasteiger partial charge in [-0.2, -0.15) is 0 Å². The van der Waals surface area contributed by atoms with Crippen LogP contribution >= 0.6 is 11.3 Å². The fourth-order valence-corrected chi connectivity index (χ4v) is 4.61. The summed E-state index contributed by atoms with van der Waals surface area (Å²) in [5, 5.41) is 3.48. The van der Waals surface area contributed by atoms with Crippen LogP contribution in [-0.2, 0) is 6.54 Å². The van der Waals surface area contributed by atoms with E-state index in [-0.39, 0.29) is 17.4 Å². The minimum Gasteiger partial charge on any atom is -0.326 e. The number of rotatable bonds is 3. The molecule has 0 atom stereocenters. The number of hydrogen-bond donors (Lipinski definition) is 3. The van der Waals surface area contributed by atoms with Crippen molar-refractivity contribution in [2.75, 3.05) is 31.5 Å². The van der Waals surface area contributed by atoms with Crippen molar-refractivity contribution in [2.24, 2.45) is 0 Å². The minimum atomic E-state index is -0.335. The highest BCUT2D eigenvalue weighted by molar-refractivity contribution is 7.18. The first kappa shape index (κ1) is 19.5. The number of thiophene rings is 1. The number of benzene rings is 1. The third kappa shape index (κ3) is 4.15. The average molecular weight is 417 g/mol. The van der Waals surface area contributed by atoms with Crippen LogP contribution in [0, 0.1) is 19.7 Å². The molecule has 29 heavy (non-hydrogen) atoms. The van der Waals surface area contributed by atoms with E-state index < -0.39 is 0 Å². The number of carbonyl (C=O) groups excluding carboxylic acids is 1. The Morgan fingerprint density at radius 1 is 1.28 bits per heavy atom. The highest BCUT2D eigenvalue weighted by Gasteiger charge is 2.25. The third-order valence-corrected chi connectivity index (χ3v) is 6.46. The lowest BCUT2D eigenvalue weighted by Crippen LogP contribution is -3.13. The lowest BCUT2D eigenvalue weighted by Gasteiger charge is -2.31. The van der Waals surface area contributed by atoms with E-state index >= 15 is 0 Å². The van der Waals surface area contributed by atoms with Crippen LogP contribution < -0.4 is 15.8 Å². The van der Waals surface area contributed by atoms with Crippen LogP contribution in [0.2, 0.25) is 0 Å². The monoisotopic (exact) mass is 416 g/mol. The van der Waals surface area contributed by atoms with Crippen molar-refractivity contribution in [1.82, 2.24) is 14.9 Å². The highest BCUT2D eigenvalue weighted by Crippen LogP contribution is 2.25. The SMILES string of the molecule is Cc1sc2nc(C[NH+]3CCN(C(=O)Nc4ccc(F)cc4)CC3)[nH]c(=O)c2c1C. The average Bonchev–Trinajstić information content (AvgIpc) is 2.98. The number of anilines is 1. The van der Waals surface area contributed by atoms with Gasteiger partial charge in [0.15, 0.2) is 5.82 Å². The lowest BCUT2D eigenvalue weighted by molar-refractivity contribution is -0.918. The number of halogens is 1. The summed E-state index contributed by atoms with van der Waals surface area (Å²) in [5.74, 6) is 0.348. The van der Waals surface area contributed by atoms with E-state index in [4.69, 9.17) is 0 Å². The molecule has 1 aliphatic rings. The van der Waals surface area contributed by atoms with Gasteiger partial charge in [0.05, 0.1) is 31.6 Å². The number of nitrogens with zero attached hydrogens (tertiary/aromatic N) is 2. The second-order valence-electron chi connectivity index (χ2n) is 7.33. The number of nitrogens with one attached hydrogen (secondary N) is 3. The molecule has 1 fully saturated rings. The lowest BCUT2D eigenvalue weighted by atomic mass is 10.2. The van der Waals surface area contributed by atoms with Crippen molar-refractivity contribution in [3.63, 3.8) is 0 Å². The van der Waals surface area contributed by atoms with Crippen molar-refractivity contribution in [1.29, 1.82) is 0 Å². The summed E-state index contributed by atoms with van der Waals surface area (Å²) in [6.45, 7) is 7.31. The number of quaternary nitrogens is 1. The van der Waals surface area contributed by atoms with Crippen molar-refractivity contribution in [2.45, 2.75) is 20.4 Å². The van der Waals surface area contributed by atoms with Crippen LogP contribution in [-0.4, -0.2) is 47.1 Å². The summed E-state index contributed by atoms with van der Waals surface area (Å²) in [5.41, 5.74) is 1.49. The van der Waals surface area contributed by atoms with Gasteiger partial charge in [0.2, 0.25) is 0 Å². The normalized spacial score (nSPS) is 15.1. The zero-order valence-electron chi connectivity index (χ0n) is 16.3. The molecule has 1 aliphatic heterocycles. The number of aromatic nitrogens is 2. The number of fused-ring (bicyclic) bond motifs is 1. The Labute approximate surface area is 171 Å². The predicted molar refractivity (Wildman–Crippen MR) is 111 cm³/mol. The highest BCUT2D eigenvalue weighted by atomic mass is 32.1. The summed E-state index contributed by atoms with van der Waals surface area (Å²) < 4.78 is 13.0. The van der Waals surface area contributed by atoms with Crippen LogP contribution in [0.25, 0.3) is 10.2 Å². The first-order valence-corrected chi connectivity index (χ1v) is 10.4. The topological polar surface area (TPSA) is 82.5 Å². The number of H-pyrrole nitrogens is 1. The zero-order valence-corrected chi connectivity index (χ0v) is 17.2. The molecule has 3 heterocycles. The number of aromatic amines is 1. The molecule has 0 bridgehead atoms. The van der Waals surface area contributed by atoms with E-state index in [0.717, 1.165) is 28.4 Å². The van der Waals surface area contributed by atoms with Gasteiger partial charge in [-0.3, -0.25) is 4.79 Å². The quantitative estimate of drug-likeness (QED) is 0.608. The molecule has 9 heteroatoms. The summed E-state index contributed by atoms with van der Waals surface area (Å²) in [7, 11) is 0. The number of hydrogen-bond acceptors (Lipinski definition) is 4. The van der Waals surface area contributed by atoms with Gasteiger partial charge < -0.3 is 20.1 Å². The molecule has 1 aromatic carbocycles.